The third-order valence-corrected chi connectivity index (χ3v) is 7.77. The van der Waals surface area contributed by atoms with Gasteiger partial charge in [0.15, 0.2) is 0 Å². The van der Waals surface area contributed by atoms with Crippen molar-refractivity contribution in [2.45, 2.75) is 49.8 Å². The molecule has 2 fully saturated rings. The van der Waals surface area contributed by atoms with Gasteiger partial charge >= 0.3 is 0 Å². The molecule has 0 amide bonds. The molecule has 1 N–H and O–H groups in total. The number of hydrogen-bond acceptors (Lipinski definition) is 4. The predicted molar refractivity (Wildman–Crippen MR) is 86.7 cm³/mol. The molecule has 0 saturated carbocycles. The first kappa shape index (κ1) is 16.6. The molecular formula is C14H28N2O2S2. The molecule has 2 saturated heterocycles. The van der Waals surface area contributed by atoms with E-state index in [0.717, 1.165) is 19.3 Å². The van der Waals surface area contributed by atoms with Gasteiger partial charge in [-0.1, -0.05) is 0 Å². The summed E-state index contributed by atoms with van der Waals surface area (Å²) < 4.78 is 25.4. The Labute approximate surface area is 128 Å². The number of nitrogens with one attached hydrogen (secondary N) is 1. The second-order valence-electron chi connectivity index (χ2n) is 6.47. The second-order valence-corrected chi connectivity index (χ2v) is 10.1. The van der Waals surface area contributed by atoms with Gasteiger partial charge in [-0.3, -0.25) is 0 Å². The molecule has 20 heavy (non-hydrogen) atoms. The average molecular weight is 321 g/mol. The van der Waals surface area contributed by atoms with E-state index in [2.05, 4.69) is 24.0 Å². The Bertz CT molecular complexity index is 419. The van der Waals surface area contributed by atoms with Gasteiger partial charge in [0.25, 0.3) is 0 Å². The van der Waals surface area contributed by atoms with Crippen molar-refractivity contribution in [3.05, 3.63) is 0 Å². The summed E-state index contributed by atoms with van der Waals surface area (Å²) in [5.41, 5.74) is 0. The van der Waals surface area contributed by atoms with Gasteiger partial charge in [-0.15, -0.1) is 0 Å². The summed E-state index contributed by atoms with van der Waals surface area (Å²) in [6.45, 7) is 3.77. The predicted octanol–water partition coefficient (Wildman–Crippen LogP) is 1.92. The molecule has 2 aliphatic rings. The molecule has 0 bridgehead atoms. The molecule has 0 aliphatic carbocycles. The van der Waals surface area contributed by atoms with E-state index in [-0.39, 0.29) is 0 Å². The Morgan fingerprint density at radius 3 is 2.75 bits per heavy atom. The van der Waals surface area contributed by atoms with E-state index in [4.69, 9.17) is 0 Å². The first-order valence-electron chi connectivity index (χ1n) is 7.61. The lowest BCUT2D eigenvalue weighted by molar-refractivity contribution is 0.227. The van der Waals surface area contributed by atoms with Crippen LogP contribution in [-0.4, -0.2) is 55.7 Å². The summed E-state index contributed by atoms with van der Waals surface area (Å²) in [5, 5.41) is 3.50. The smallest absolute Gasteiger partial charge is 0.211 e. The number of thioether (sulfide) groups is 1. The van der Waals surface area contributed by atoms with E-state index in [1.54, 1.807) is 4.31 Å². The van der Waals surface area contributed by atoms with Crippen molar-refractivity contribution in [2.24, 2.45) is 5.92 Å². The third-order valence-electron chi connectivity index (χ3n) is 4.85. The molecule has 0 radical (unpaired) electrons. The van der Waals surface area contributed by atoms with E-state index in [0.29, 0.717) is 29.8 Å². The molecule has 118 valence electrons. The van der Waals surface area contributed by atoms with Crippen LogP contribution in [0.15, 0.2) is 0 Å². The zero-order chi connectivity index (χ0) is 14.8. The SMILES string of the molecule is CNC(CC1CCCN(S(C)(=O)=O)C1)C1(C)CCCS1. The van der Waals surface area contributed by atoms with Crippen molar-refractivity contribution in [3.63, 3.8) is 0 Å². The lowest BCUT2D eigenvalue weighted by Gasteiger charge is -2.38. The molecule has 0 aromatic heterocycles. The fourth-order valence-corrected chi connectivity index (χ4v) is 6.00. The van der Waals surface area contributed by atoms with Crippen LogP contribution in [0.1, 0.15) is 39.0 Å². The number of sulfonamides is 1. The van der Waals surface area contributed by atoms with Crippen molar-refractivity contribution >= 4 is 21.8 Å². The minimum Gasteiger partial charge on any atom is -0.316 e. The number of hydrogen-bond donors (Lipinski definition) is 1. The van der Waals surface area contributed by atoms with Crippen LogP contribution in [0, 0.1) is 5.92 Å². The van der Waals surface area contributed by atoms with Crippen molar-refractivity contribution in [1.82, 2.24) is 9.62 Å². The molecule has 2 heterocycles. The van der Waals surface area contributed by atoms with Crippen LogP contribution < -0.4 is 5.32 Å². The van der Waals surface area contributed by atoms with Crippen molar-refractivity contribution in [1.29, 1.82) is 0 Å². The van der Waals surface area contributed by atoms with Crippen LogP contribution in [0.2, 0.25) is 0 Å². The van der Waals surface area contributed by atoms with Gasteiger partial charge in [-0.2, -0.15) is 11.8 Å². The fraction of sp³-hybridized carbons (Fsp3) is 1.00. The fourth-order valence-electron chi connectivity index (χ4n) is 3.60. The van der Waals surface area contributed by atoms with Crippen LogP contribution in [0.3, 0.4) is 0 Å². The average Bonchev–Trinajstić information content (AvgIpc) is 2.83. The van der Waals surface area contributed by atoms with E-state index in [1.807, 2.05) is 7.05 Å². The minimum absolute atomic E-state index is 0.322. The maximum absolute atomic E-state index is 11.7. The number of rotatable bonds is 5. The molecule has 2 rings (SSSR count). The third kappa shape index (κ3) is 3.90. The lowest BCUT2D eigenvalue weighted by Crippen LogP contribution is -2.47. The second kappa shape index (κ2) is 6.55. The summed E-state index contributed by atoms with van der Waals surface area (Å²) in [5.74, 6) is 1.75. The Balaban J connectivity index is 1.97. The highest BCUT2D eigenvalue weighted by Gasteiger charge is 2.39. The monoisotopic (exact) mass is 320 g/mol. The Kier molecular flexibility index (Phi) is 5.43. The molecule has 6 heteroatoms. The van der Waals surface area contributed by atoms with Crippen LogP contribution in [0.25, 0.3) is 0 Å². The van der Waals surface area contributed by atoms with Crippen molar-refractivity contribution in [2.75, 3.05) is 32.1 Å². The van der Waals surface area contributed by atoms with E-state index >= 15 is 0 Å². The van der Waals surface area contributed by atoms with Gasteiger partial charge < -0.3 is 5.32 Å². The number of nitrogens with zero attached hydrogens (tertiary/aromatic N) is 1. The zero-order valence-corrected chi connectivity index (χ0v) is 14.5. The van der Waals surface area contributed by atoms with Gasteiger partial charge in [0.05, 0.1) is 6.26 Å². The molecule has 2 aliphatic heterocycles. The van der Waals surface area contributed by atoms with Crippen LogP contribution in [0.5, 0.6) is 0 Å². The van der Waals surface area contributed by atoms with E-state index < -0.39 is 10.0 Å². The lowest BCUT2D eigenvalue weighted by atomic mass is 9.85. The minimum atomic E-state index is -3.03. The van der Waals surface area contributed by atoms with Gasteiger partial charge in [-0.25, -0.2) is 12.7 Å². The van der Waals surface area contributed by atoms with Crippen LogP contribution in [0.4, 0.5) is 0 Å². The maximum atomic E-state index is 11.7. The molecular weight excluding hydrogens is 292 g/mol. The number of piperidine rings is 1. The van der Waals surface area contributed by atoms with Crippen molar-refractivity contribution in [3.8, 4) is 0 Å². The van der Waals surface area contributed by atoms with Crippen LogP contribution >= 0.6 is 11.8 Å². The highest BCUT2D eigenvalue weighted by Crippen LogP contribution is 2.42. The first-order chi connectivity index (χ1) is 9.35. The standard InChI is InChI=1S/C14H28N2O2S2/c1-14(7-5-9-19-14)13(15-2)10-12-6-4-8-16(11-12)20(3,17)18/h12-13,15H,4-11H2,1-3H3. The first-order valence-corrected chi connectivity index (χ1v) is 10.4. The van der Waals surface area contributed by atoms with Gasteiger partial charge in [0.2, 0.25) is 10.0 Å². The maximum Gasteiger partial charge on any atom is 0.211 e. The Morgan fingerprint density at radius 2 is 2.20 bits per heavy atom. The molecule has 3 unspecified atom stereocenters. The normalized spacial score (nSPS) is 34.2. The highest BCUT2D eigenvalue weighted by molar-refractivity contribution is 8.00. The zero-order valence-electron chi connectivity index (χ0n) is 12.9. The molecule has 0 spiro atoms. The summed E-state index contributed by atoms with van der Waals surface area (Å²) >= 11 is 2.08. The van der Waals surface area contributed by atoms with Crippen LogP contribution in [-0.2, 0) is 10.0 Å². The summed E-state index contributed by atoms with van der Waals surface area (Å²) in [6.07, 6.45) is 7.15. The Morgan fingerprint density at radius 1 is 1.45 bits per heavy atom. The Hall–Kier alpha value is 0.220. The van der Waals surface area contributed by atoms with E-state index in [9.17, 15) is 8.42 Å². The molecule has 0 aromatic carbocycles. The topological polar surface area (TPSA) is 49.4 Å². The largest absolute Gasteiger partial charge is 0.316 e. The highest BCUT2D eigenvalue weighted by atomic mass is 32.2. The van der Waals surface area contributed by atoms with Crippen molar-refractivity contribution < 1.29 is 8.42 Å². The molecule has 0 aromatic rings. The van der Waals surface area contributed by atoms with Gasteiger partial charge in [0, 0.05) is 23.9 Å². The molecule has 3 atom stereocenters. The van der Waals surface area contributed by atoms with Gasteiger partial charge in [-0.05, 0) is 57.7 Å². The van der Waals surface area contributed by atoms with E-state index in [1.165, 1.54) is 24.9 Å². The molecule has 4 nitrogen and oxygen atoms in total. The quantitative estimate of drug-likeness (QED) is 0.841. The van der Waals surface area contributed by atoms with Gasteiger partial charge in [0.1, 0.15) is 0 Å². The summed E-state index contributed by atoms with van der Waals surface area (Å²) in [6, 6.07) is 0.486. The summed E-state index contributed by atoms with van der Waals surface area (Å²) in [4.78, 5) is 0. The summed E-state index contributed by atoms with van der Waals surface area (Å²) in [7, 11) is -0.980.